The number of rotatable bonds is 6. The van der Waals surface area contributed by atoms with Gasteiger partial charge in [0.25, 0.3) is 0 Å². The van der Waals surface area contributed by atoms with Gasteiger partial charge in [-0.2, -0.15) is 5.10 Å². The van der Waals surface area contributed by atoms with E-state index >= 15 is 0 Å². The molecule has 1 aromatic heterocycles. The van der Waals surface area contributed by atoms with Gasteiger partial charge in [-0.1, -0.05) is 6.07 Å². The van der Waals surface area contributed by atoms with Crippen molar-refractivity contribution in [1.82, 2.24) is 9.78 Å². The summed E-state index contributed by atoms with van der Waals surface area (Å²) in [5.41, 5.74) is 9.68. The second-order valence-corrected chi connectivity index (χ2v) is 5.40. The first-order valence-electron chi connectivity index (χ1n) is 7.83. The van der Waals surface area contributed by atoms with E-state index in [0.29, 0.717) is 6.54 Å². The maximum atomic E-state index is 5.69. The van der Waals surface area contributed by atoms with Crippen molar-refractivity contribution in [3.8, 4) is 28.4 Å². The fraction of sp³-hybridized carbons (Fsp3) is 0.211. The van der Waals surface area contributed by atoms with Crippen LogP contribution < -0.4 is 15.2 Å². The summed E-state index contributed by atoms with van der Waals surface area (Å²) in [6.45, 7) is 0.567. The molecule has 0 bridgehead atoms. The van der Waals surface area contributed by atoms with Crippen LogP contribution in [0.1, 0.15) is 5.69 Å². The summed E-state index contributed by atoms with van der Waals surface area (Å²) in [6.07, 6.45) is 0.736. The van der Waals surface area contributed by atoms with E-state index < -0.39 is 0 Å². The summed E-state index contributed by atoms with van der Waals surface area (Å²) in [6, 6.07) is 17.9. The first-order valence-corrected chi connectivity index (χ1v) is 7.83. The highest BCUT2D eigenvalue weighted by Crippen LogP contribution is 2.27. The molecule has 2 N–H and O–H groups in total. The van der Waals surface area contributed by atoms with Crippen LogP contribution in [0.15, 0.2) is 54.6 Å². The number of benzene rings is 2. The summed E-state index contributed by atoms with van der Waals surface area (Å²) >= 11 is 0. The molecule has 0 saturated carbocycles. The zero-order valence-corrected chi connectivity index (χ0v) is 13.9. The molecule has 0 spiro atoms. The monoisotopic (exact) mass is 323 g/mol. The Morgan fingerprint density at radius 1 is 0.958 bits per heavy atom. The van der Waals surface area contributed by atoms with E-state index in [1.165, 1.54) is 0 Å². The third kappa shape index (κ3) is 3.26. The maximum absolute atomic E-state index is 5.69. The Morgan fingerprint density at radius 3 is 2.38 bits per heavy atom. The Labute approximate surface area is 141 Å². The molecule has 124 valence electrons. The van der Waals surface area contributed by atoms with E-state index in [2.05, 4.69) is 6.07 Å². The van der Waals surface area contributed by atoms with Crippen molar-refractivity contribution in [1.29, 1.82) is 0 Å². The Balaban J connectivity index is 2.09. The zero-order chi connectivity index (χ0) is 16.9. The molecule has 0 aliphatic carbocycles. The topological polar surface area (TPSA) is 62.3 Å². The Kier molecular flexibility index (Phi) is 4.82. The molecular formula is C19H21N3O2. The van der Waals surface area contributed by atoms with Gasteiger partial charge >= 0.3 is 0 Å². The van der Waals surface area contributed by atoms with Crippen LogP contribution in [0.2, 0.25) is 0 Å². The van der Waals surface area contributed by atoms with Gasteiger partial charge in [-0.05, 0) is 49.0 Å². The maximum Gasteiger partial charge on any atom is 0.121 e. The van der Waals surface area contributed by atoms with Gasteiger partial charge in [-0.3, -0.25) is 0 Å². The number of nitrogens with zero attached hydrogens (tertiary/aromatic N) is 2. The standard InChI is InChI=1S/C19H21N3O2/c1-23-17-8-6-14(7-9-17)19-12-15(10-11-20)21-22(19)16-4-3-5-18(13-16)24-2/h3-9,12-13H,10-11,20H2,1-2H3. The molecule has 3 aromatic rings. The molecule has 0 radical (unpaired) electrons. The lowest BCUT2D eigenvalue weighted by Gasteiger charge is -2.09. The molecule has 0 saturated heterocycles. The summed E-state index contributed by atoms with van der Waals surface area (Å²) < 4.78 is 12.5. The largest absolute Gasteiger partial charge is 0.497 e. The van der Waals surface area contributed by atoms with E-state index in [1.54, 1.807) is 14.2 Å². The summed E-state index contributed by atoms with van der Waals surface area (Å²) in [5.74, 6) is 1.62. The van der Waals surface area contributed by atoms with Gasteiger partial charge in [-0.15, -0.1) is 0 Å². The normalized spacial score (nSPS) is 10.6. The van der Waals surface area contributed by atoms with Gasteiger partial charge in [0.05, 0.1) is 31.3 Å². The van der Waals surface area contributed by atoms with E-state index in [-0.39, 0.29) is 0 Å². The van der Waals surface area contributed by atoms with Gasteiger partial charge in [0, 0.05) is 18.1 Å². The van der Waals surface area contributed by atoms with Gasteiger partial charge in [0.1, 0.15) is 11.5 Å². The van der Waals surface area contributed by atoms with Crippen LogP contribution in [0.3, 0.4) is 0 Å². The van der Waals surface area contributed by atoms with E-state index in [9.17, 15) is 0 Å². The van der Waals surface area contributed by atoms with E-state index in [1.807, 2.05) is 53.2 Å². The number of hydrogen-bond acceptors (Lipinski definition) is 4. The quantitative estimate of drug-likeness (QED) is 0.757. The van der Waals surface area contributed by atoms with Crippen molar-refractivity contribution >= 4 is 0 Å². The lowest BCUT2D eigenvalue weighted by atomic mass is 10.1. The molecular weight excluding hydrogens is 302 g/mol. The number of hydrogen-bond donors (Lipinski definition) is 1. The third-order valence-corrected chi connectivity index (χ3v) is 3.84. The average Bonchev–Trinajstić information content (AvgIpc) is 3.06. The predicted molar refractivity (Wildman–Crippen MR) is 94.9 cm³/mol. The predicted octanol–water partition coefficient (Wildman–Crippen LogP) is 3.06. The molecule has 0 fully saturated rings. The molecule has 2 aromatic carbocycles. The number of nitrogens with two attached hydrogens (primary N) is 1. The molecule has 0 atom stereocenters. The van der Waals surface area contributed by atoms with Crippen molar-refractivity contribution < 1.29 is 9.47 Å². The average molecular weight is 323 g/mol. The van der Waals surface area contributed by atoms with Crippen LogP contribution in [0, 0.1) is 0 Å². The second kappa shape index (κ2) is 7.19. The van der Waals surface area contributed by atoms with Crippen molar-refractivity contribution in [2.24, 2.45) is 5.73 Å². The molecule has 0 aliphatic heterocycles. The van der Waals surface area contributed by atoms with Gasteiger partial charge in [0.15, 0.2) is 0 Å². The molecule has 0 aliphatic rings. The van der Waals surface area contributed by atoms with Gasteiger partial charge < -0.3 is 15.2 Å². The number of ether oxygens (including phenoxy) is 2. The Morgan fingerprint density at radius 2 is 1.71 bits per heavy atom. The van der Waals surface area contributed by atoms with Crippen molar-refractivity contribution in [3.63, 3.8) is 0 Å². The summed E-state index contributed by atoms with van der Waals surface area (Å²) in [7, 11) is 3.32. The van der Waals surface area contributed by atoms with E-state index in [4.69, 9.17) is 20.3 Å². The van der Waals surface area contributed by atoms with Crippen LogP contribution in [0.5, 0.6) is 11.5 Å². The zero-order valence-electron chi connectivity index (χ0n) is 13.9. The fourth-order valence-corrected chi connectivity index (χ4v) is 2.61. The molecule has 0 unspecified atom stereocenters. The lowest BCUT2D eigenvalue weighted by molar-refractivity contribution is 0.414. The molecule has 0 amide bonds. The van der Waals surface area contributed by atoms with Crippen LogP contribution in [0.25, 0.3) is 16.9 Å². The Bertz CT molecular complexity index is 810. The minimum absolute atomic E-state index is 0.567. The van der Waals surface area contributed by atoms with Crippen molar-refractivity contribution in [2.75, 3.05) is 20.8 Å². The highest BCUT2D eigenvalue weighted by molar-refractivity contribution is 5.64. The lowest BCUT2D eigenvalue weighted by Crippen LogP contribution is -2.04. The highest BCUT2D eigenvalue weighted by atomic mass is 16.5. The van der Waals surface area contributed by atoms with Crippen LogP contribution in [-0.4, -0.2) is 30.5 Å². The fourth-order valence-electron chi connectivity index (χ4n) is 2.61. The number of methoxy groups -OCH3 is 2. The van der Waals surface area contributed by atoms with Gasteiger partial charge in [-0.25, -0.2) is 4.68 Å². The molecule has 24 heavy (non-hydrogen) atoms. The van der Waals surface area contributed by atoms with Crippen molar-refractivity contribution in [3.05, 3.63) is 60.3 Å². The van der Waals surface area contributed by atoms with Crippen LogP contribution >= 0.6 is 0 Å². The smallest absolute Gasteiger partial charge is 0.121 e. The highest BCUT2D eigenvalue weighted by Gasteiger charge is 2.12. The minimum Gasteiger partial charge on any atom is -0.497 e. The molecule has 5 nitrogen and oxygen atoms in total. The van der Waals surface area contributed by atoms with Crippen LogP contribution in [-0.2, 0) is 6.42 Å². The first-order chi connectivity index (χ1) is 11.7. The Hall–Kier alpha value is -2.79. The SMILES string of the molecule is COc1ccc(-c2cc(CCN)nn2-c2cccc(OC)c2)cc1. The molecule has 3 rings (SSSR count). The van der Waals surface area contributed by atoms with Gasteiger partial charge in [0.2, 0.25) is 0 Å². The number of aromatic nitrogens is 2. The summed E-state index contributed by atoms with van der Waals surface area (Å²) in [4.78, 5) is 0. The molecule has 5 heteroatoms. The second-order valence-electron chi connectivity index (χ2n) is 5.40. The third-order valence-electron chi connectivity index (χ3n) is 3.84. The summed E-state index contributed by atoms with van der Waals surface area (Å²) in [5, 5.41) is 4.71. The van der Waals surface area contributed by atoms with Crippen molar-refractivity contribution in [2.45, 2.75) is 6.42 Å². The molecule has 1 heterocycles. The minimum atomic E-state index is 0.567. The van der Waals surface area contributed by atoms with Crippen LogP contribution in [0.4, 0.5) is 0 Å². The van der Waals surface area contributed by atoms with E-state index in [0.717, 1.165) is 40.6 Å². The first kappa shape index (κ1) is 16.1.